The Labute approximate surface area is 116 Å². The van der Waals surface area contributed by atoms with Crippen molar-refractivity contribution in [3.63, 3.8) is 0 Å². The van der Waals surface area contributed by atoms with Crippen LogP contribution in [0.25, 0.3) is 0 Å². The largest absolute Gasteiger partial charge is 0.357 e. The van der Waals surface area contributed by atoms with Crippen LogP contribution in [0.1, 0.15) is 24.0 Å². The van der Waals surface area contributed by atoms with E-state index in [0.29, 0.717) is 16.0 Å². The third kappa shape index (κ3) is 2.64. The first-order valence-electron chi connectivity index (χ1n) is 5.66. The predicted molar refractivity (Wildman–Crippen MR) is 75.1 cm³/mol. The van der Waals surface area contributed by atoms with E-state index in [1.165, 1.54) is 11.8 Å². The number of likely N-dealkylation sites (tertiary alicyclic amines) is 1. The summed E-state index contributed by atoms with van der Waals surface area (Å²) in [6, 6.07) is 9.39. The van der Waals surface area contributed by atoms with Crippen LogP contribution in [0, 0.1) is 22.7 Å². The molecule has 1 aliphatic heterocycles. The zero-order chi connectivity index (χ0) is 13.0. The summed E-state index contributed by atoms with van der Waals surface area (Å²) in [6.45, 7) is 1.95. The first-order valence-corrected chi connectivity index (χ1v) is 6.88. The summed E-state index contributed by atoms with van der Waals surface area (Å²) < 4.78 is 0.756. The molecule has 1 saturated heterocycles. The lowest BCUT2D eigenvalue weighted by Crippen LogP contribution is -2.23. The smallest absolute Gasteiger partial charge is 0.141 e. The molecule has 3 nitrogen and oxygen atoms in total. The Bertz CT molecular complexity index is 516. The van der Waals surface area contributed by atoms with Gasteiger partial charge in [-0.05, 0) is 25.0 Å². The van der Waals surface area contributed by atoms with E-state index in [2.05, 4.69) is 17.0 Å². The van der Waals surface area contributed by atoms with E-state index in [0.717, 1.165) is 30.3 Å². The van der Waals surface area contributed by atoms with Crippen molar-refractivity contribution >= 4 is 28.3 Å². The van der Waals surface area contributed by atoms with Crippen molar-refractivity contribution in [2.75, 3.05) is 13.1 Å². The quantitative estimate of drug-likeness (QED) is 0.581. The van der Waals surface area contributed by atoms with Gasteiger partial charge in [-0.3, -0.25) is 0 Å². The zero-order valence-corrected chi connectivity index (χ0v) is 11.4. The van der Waals surface area contributed by atoms with Gasteiger partial charge in [-0.2, -0.15) is 10.5 Å². The highest BCUT2D eigenvalue weighted by molar-refractivity contribution is 8.23. The van der Waals surface area contributed by atoms with Crippen molar-refractivity contribution in [3.8, 4) is 12.1 Å². The number of thioether (sulfide) groups is 1. The molecule has 18 heavy (non-hydrogen) atoms. The highest BCUT2D eigenvalue weighted by atomic mass is 32.2. The van der Waals surface area contributed by atoms with E-state index < -0.39 is 0 Å². The van der Waals surface area contributed by atoms with Crippen LogP contribution in [-0.2, 0) is 0 Å². The molecule has 1 heterocycles. The van der Waals surface area contributed by atoms with Crippen LogP contribution in [0.5, 0.6) is 0 Å². The number of thiocarbonyl (C=S) groups is 1. The van der Waals surface area contributed by atoms with Crippen molar-refractivity contribution < 1.29 is 0 Å². The van der Waals surface area contributed by atoms with Crippen LogP contribution in [0.2, 0.25) is 0 Å². The van der Waals surface area contributed by atoms with Crippen LogP contribution in [-0.4, -0.2) is 22.3 Å². The lowest BCUT2D eigenvalue weighted by molar-refractivity contribution is 0.539. The molecule has 1 aromatic rings. The molecule has 1 aromatic carbocycles. The lowest BCUT2D eigenvalue weighted by atomic mass is 10.1. The molecule has 0 bridgehead atoms. The fraction of sp³-hybridized carbons (Fsp3) is 0.308. The molecular formula is C13H11N3S2. The molecule has 5 heteroatoms. The second kappa shape index (κ2) is 5.86. The van der Waals surface area contributed by atoms with Gasteiger partial charge in [0.1, 0.15) is 16.5 Å². The lowest BCUT2D eigenvalue weighted by Gasteiger charge is -2.18. The number of benzene rings is 1. The van der Waals surface area contributed by atoms with Crippen molar-refractivity contribution in [2.45, 2.75) is 17.7 Å². The Kier molecular flexibility index (Phi) is 4.19. The monoisotopic (exact) mass is 273 g/mol. The fourth-order valence-electron chi connectivity index (χ4n) is 1.87. The molecular weight excluding hydrogens is 262 g/mol. The van der Waals surface area contributed by atoms with E-state index in [1.807, 2.05) is 0 Å². The van der Waals surface area contributed by atoms with Gasteiger partial charge in [-0.1, -0.05) is 30.0 Å². The van der Waals surface area contributed by atoms with Crippen LogP contribution in [0.3, 0.4) is 0 Å². The second-order valence-electron chi connectivity index (χ2n) is 3.97. The molecule has 0 aliphatic carbocycles. The SMILES string of the molecule is N#Cc1cccc(C#N)c1SC(=S)N1CCCC1. The van der Waals surface area contributed by atoms with E-state index in [-0.39, 0.29) is 0 Å². The van der Waals surface area contributed by atoms with Crippen molar-refractivity contribution in [2.24, 2.45) is 0 Å². The topological polar surface area (TPSA) is 50.8 Å². The van der Waals surface area contributed by atoms with Gasteiger partial charge in [-0.25, -0.2) is 0 Å². The van der Waals surface area contributed by atoms with E-state index in [9.17, 15) is 0 Å². The number of rotatable bonds is 1. The van der Waals surface area contributed by atoms with Crippen LogP contribution >= 0.6 is 24.0 Å². The predicted octanol–water partition coefficient (Wildman–Crippen LogP) is 2.90. The number of nitriles is 2. The highest BCUT2D eigenvalue weighted by Crippen LogP contribution is 2.30. The van der Waals surface area contributed by atoms with E-state index in [4.69, 9.17) is 22.7 Å². The average molecular weight is 273 g/mol. The van der Waals surface area contributed by atoms with Gasteiger partial charge >= 0.3 is 0 Å². The number of hydrogen-bond donors (Lipinski definition) is 0. The minimum absolute atomic E-state index is 0.514. The molecule has 0 N–H and O–H groups in total. The van der Waals surface area contributed by atoms with Crippen molar-refractivity contribution in [1.29, 1.82) is 10.5 Å². The van der Waals surface area contributed by atoms with Gasteiger partial charge in [0.25, 0.3) is 0 Å². The first kappa shape index (κ1) is 12.9. The second-order valence-corrected chi connectivity index (χ2v) is 5.61. The summed E-state index contributed by atoms with van der Waals surface area (Å²) in [7, 11) is 0. The standard InChI is InChI=1S/C13H11N3S2/c14-8-10-4-3-5-11(9-15)12(10)18-13(17)16-6-1-2-7-16/h3-5H,1-2,6-7H2. The third-order valence-electron chi connectivity index (χ3n) is 2.81. The van der Waals surface area contributed by atoms with Gasteiger partial charge in [-0.15, -0.1) is 0 Å². The van der Waals surface area contributed by atoms with Crippen LogP contribution < -0.4 is 0 Å². The summed E-state index contributed by atoms with van der Waals surface area (Å²) in [4.78, 5) is 2.81. The molecule has 0 spiro atoms. The summed E-state index contributed by atoms with van der Waals surface area (Å²) in [5.74, 6) is 0. The summed E-state index contributed by atoms with van der Waals surface area (Å²) in [5, 5.41) is 18.2. The molecule has 1 fully saturated rings. The van der Waals surface area contributed by atoms with Crippen molar-refractivity contribution in [1.82, 2.24) is 4.90 Å². The van der Waals surface area contributed by atoms with Crippen LogP contribution in [0.4, 0.5) is 0 Å². The Morgan fingerprint density at radius 2 is 1.72 bits per heavy atom. The molecule has 0 unspecified atom stereocenters. The Hall–Kier alpha value is -1.56. The van der Waals surface area contributed by atoms with Gasteiger partial charge < -0.3 is 4.90 Å². The van der Waals surface area contributed by atoms with Gasteiger partial charge in [0, 0.05) is 13.1 Å². The average Bonchev–Trinajstić information content (AvgIpc) is 2.93. The van der Waals surface area contributed by atoms with Gasteiger partial charge in [0.2, 0.25) is 0 Å². The third-order valence-corrected chi connectivity index (χ3v) is 4.39. The van der Waals surface area contributed by atoms with Gasteiger partial charge in [0.15, 0.2) is 0 Å². The molecule has 1 aliphatic rings. The van der Waals surface area contributed by atoms with Crippen molar-refractivity contribution in [3.05, 3.63) is 29.3 Å². The minimum Gasteiger partial charge on any atom is -0.357 e. The Morgan fingerprint density at radius 1 is 1.17 bits per heavy atom. The van der Waals surface area contributed by atoms with Crippen LogP contribution in [0.15, 0.2) is 23.1 Å². The fourth-order valence-corrected chi connectivity index (χ4v) is 3.24. The maximum Gasteiger partial charge on any atom is 0.141 e. The maximum atomic E-state index is 9.09. The molecule has 0 amide bonds. The zero-order valence-electron chi connectivity index (χ0n) is 9.72. The number of nitrogens with zero attached hydrogens (tertiary/aromatic N) is 3. The molecule has 0 saturated carbocycles. The number of hydrogen-bond acceptors (Lipinski definition) is 4. The molecule has 0 aromatic heterocycles. The first-order chi connectivity index (χ1) is 8.76. The molecule has 2 rings (SSSR count). The Balaban J connectivity index is 2.25. The molecule has 0 radical (unpaired) electrons. The minimum atomic E-state index is 0.514. The molecule has 90 valence electrons. The summed E-state index contributed by atoms with van der Waals surface area (Å²) in [6.07, 6.45) is 2.32. The molecule has 0 atom stereocenters. The van der Waals surface area contributed by atoms with E-state index in [1.54, 1.807) is 18.2 Å². The normalized spacial score (nSPS) is 14.0. The Morgan fingerprint density at radius 3 is 2.22 bits per heavy atom. The van der Waals surface area contributed by atoms with E-state index >= 15 is 0 Å². The highest BCUT2D eigenvalue weighted by Gasteiger charge is 2.18. The maximum absolute atomic E-state index is 9.09. The summed E-state index contributed by atoms with van der Waals surface area (Å²) in [5.41, 5.74) is 1.03. The van der Waals surface area contributed by atoms with Gasteiger partial charge in [0.05, 0.1) is 16.0 Å². The summed E-state index contributed by atoms with van der Waals surface area (Å²) >= 11 is 6.74.